The van der Waals surface area contributed by atoms with E-state index in [9.17, 15) is 18.0 Å². The van der Waals surface area contributed by atoms with Crippen molar-refractivity contribution >= 4 is 28.3 Å². The third-order valence-electron chi connectivity index (χ3n) is 6.42. The van der Waals surface area contributed by atoms with Crippen molar-refractivity contribution in [2.45, 2.75) is 38.3 Å². The Balaban J connectivity index is 1.38. The van der Waals surface area contributed by atoms with Gasteiger partial charge in [0, 0.05) is 18.2 Å². The number of piperidine rings is 1. The van der Waals surface area contributed by atoms with E-state index in [-0.39, 0.29) is 29.2 Å². The summed E-state index contributed by atoms with van der Waals surface area (Å²) in [7, 11) is 0. The average Bonchev–Trinajstić information content (AvgIpc) is 3.38. The lowest BCUT2D eigenvalue weighted by Gasteiger charge is -2.36. The number of nitrogen functional groups attached to an aromatic ring is 1. The molecule has 0 bridgehead atoms. The van der Waals surface area contributed by atoms with Crippen LogP contribution in [0, 0.1) is 6.92 Å². The van der Waals surface area contributed by atoms with Gasteiger partial charge in [0.2, 0.25) is 0 Å². The number of hydrogen-bond acceptors (Lipinski definition) is 7. The minimum absolute atomic E-state index is 0.213. The number of imidazole rings is 1. The molecule has 1 saturated heterocycles. The van der Waals surface area contributed by atoms with Crippen molar-refractivity contribution in [1.29, 1.82) is 0 Å². The number of halogens is 3. The maximum absolute atomic E-state index is 13.6. The molecule has 0 unspecified atom stereocenters. The van der Waals surface area contributed by atoms with Gasteiger partial charge in [0.1, 0.15) is 46.0 Å². The summed E-state index contributed by atoms with van der Waals surface area (Å²) in [4.78, 5) is 28.3. The average molecular weight is 484 g/mol. The number of benzene rings is 1. The largest absolute Gasteiger partial charge is 0.573 e. The number of likely N-dealkylation sites (tertiary alicyclic amines) is 1. The van der Waals surface area contributed by atoms with Crippen LogP contribution in [0.15, 0.2) is 36.7 Å². The first-order valence-corrected chi connectivity index (χ1v) is 11.0. The number of hydrogen-bond donors (Lipinski definition) is 1. The van der Waals surface area contributed by atoms with Gasteiger partial charge < -0.3 is 20.1 Å². The summed E-state index contributed by atoms with van der Waals surface area (Å²) >= 11 is 0. The van der Waals surface area contributed by atoms with Crippen LogP contribution in [0.4, 0.5) is 19.0 Å². The highest BCUT2D eigenvalue weighted by molar-refractivity contribution is 5.96. The topological polar surface area (TPSA) is 108 Å². The van der Waals surface area contributed by atoms with Gasteiger partial charge in [-0.25, -0.2) is 15.0 Å². The van der Waals surface area contributed by atoms with Crippen LogP contribution in [0.2, 0.25) is 0 Å². The molecule has 1 amide bonds. The summed E-state index contributed by atoms with van der Waals surface area (Å²) in [6, 6.07) is 5.19. The molecule has 0 radical (unpaired) electrons. The van der Waals surface area contributed by atoms with Crippen LogP contribution in [0.25, 0.3) is 16.6 Å². The molecule has 4 aromatic rings. The van der Waals surface area contributed by atoms with Gasteiger partial charge in [-0.3, -0.25) is 9.20 Å². The number of carbonyl (C=O) groups is 1. The number of carbonyl (C=O) groups excluding carboxylic acids is 1. The van der Waals surface area contributed by atoms with Crippen molar-refractivity contribution in [3.63, 3.8) is 0 Å². The molecule has 2 atom stereocenters. The van der Waals surface area contributed by atoms with E-state index in [1.807, 2.05) is 11.3 Å². The lowest BCUT2D eigenvalue weighted by Crippen LogP contribution is -2.44. The number of aryl methyl sites for hydroxylation is 1. The van der Waals surface area contributed by atoms with E-state index in [1.54, 1.807) is 17.2 Å². The first kappa shape index (κ1) is 21.4. The summed E-state index contributed by atoms with van der Waals surface area (Å²) < 4.78 is 49.7. The number of amides is 1. The predicted octanol–water partition coefficient (Wildman–Crippen LogP) is 3.81. The molecule has 0 spiro atoms. The van der Waals surface area contributed by atoms with E-state index >= 15 is 0 Å². The zero-order valence-electron chi connectivity index (χ0n) is 18.4. The highest BCUT2D eigenvalue weighted by atomic mass is 19.4. The molecule has 2 aliphatic rings. The fraction of sp³-hybridized carbons (Fsp3) is 0.304. The van der Waals surface area contributed by atoms with E-state index in [0.29, 0.717) is 53.1 Å². The van der Waals surface area contributed by atoms with Gasteiger partial charge in [-0.05, 0) is 38.0 Å². The first-order valence-electron chi connectivity index (χ1n) is 11.0. The standard InChI is InChI=1S/C23H19F3N6O3/c1-11-28-10-17-21(27)30-15-9-29-14(8-16(15)32(11)17)22(33)31-6-2-3-18-20(31)13-5-4-12(7-19(13)34-18)35-23(24,25)26/h4-5,7-10,18,20H,2-3,6H2,1H3,(H2,27,30)/t18-,20-/m0/s1. The molecule has 5 heterocycles. The SMILES string of the molecule is Cc1ncc2c(N)nc3cnc(C(=O)N4CCC[C@@H]5Oc6cc(OC(F)(F)F)ccc6[C@@H]54)cc3n12. The fourth-order valence-corrected chi connectivity index (χ4v) is 4.98. The van der Waals surface area contributed by atoms with Crippen molar-refractivity contribution < 1.29 is 27.4 Å². The molecule has 2 N–H and O–H groups in total. The molecule has 2 aliphatic heterocycles. The van der Waals surface area contributed by atoms with Crippen LogP contribution < -0.4 is 15.2 Å². The molecule has 180 valence electrons. The smallest absolute Gasteiger partial charge is 0.487 e. The second-order valence-electron chi connectivity index (χ2n) is 8.57. The predicted molar refractivity (Wildman–Crippen MR) is 118 cm³/mol. The van der Waals surface area contributed by atoms with Gasteiger partial charge in [-0.1, -0.05) is 0 Å². The number of aromatic nitrogens is 4. The van der Waals surface area contributed by atoms with Crippen molar-refractivity contribution in [2.24, 2.45) is 0 Å². The Bertz CT molecular complexity index is 1500. The van der Waals surface area contributed by atoms with Crippen molar-refractivity contribution in [1.82, 2.24) is 24.3 Å². The Kier molecular flexibility index (Phi) is 4.57. The molecular formula is C23H19F3N6O3. The third kappa shape index (κ3) is 3.47. The first-order chi connectivity index (χ1) is 16.7. The zero-order chi connectivity index (χ0) is 24.5. The van der Waals surface area contributed by atoms with Gasteiger partial charge in [-0.15, -0.1) is 13.2 Å². The molecule has 9 nitrogen and oxygen atoms in total. The molecule has 1 fully saturated rings. The Hall–Kier alpha value is -4.09. The van der Waals surface area contributed by atoms with Gasteiger partial charge >= 0.3 is 6.36 Å². The molecule has 6 rings (SSSR count). The number of pyridine rings is 1. The molecule has 35 heavy (non-hydrogen) atoms. The monoisotopic (exact) mass is 484 g/mol. The fourth-order valence-electron chi connectivity index (χ4n) is 4.98. The second kappa shape index (κ2) is 7.45. The van der Waals surface area contributed by atoms with Crippen LogP contribution in [0.5, 0.6) is 11.5 Å². The van der Waals surface area contributed by atoms with Gasteiger partial charge in [-0.2, -0.15) is 0 Å². The number of nitrogens with two attached hydrogens (primary N) is 1. The molecule has 3 aromatic heterocycles. The summed E-state index contributed by atoms with van der Waals surface area (Å²) in [5.41, 5.74) is 8.69. The molecule has 1 aromatic carbocycles. The second-order valence-corrected chi connectivity index (χ2v) is 8.57. The highest BCUT2D eigenvalue weighted by Crippen LogP contribution is 2.46. The van der Waals surface area contributed by atoms with E-state index in [0.717, 1.165) is 0 Å². The maximum Gasteiger partial charge on any atom is 0.573 e. The van der Waals surface area contributed by atoms with Crippen LogP contribution in [0.1, 0.15) is 40.8 Å². The number of rotatable bonds is 2. The lowest BCUT2D eigenvalue weighted by atomic mass is 9.94. The number of ether oxygens (including phenoxy) is 2. The van der Waals surface area contributed by atoms with Crippen LogP contribution in [-0.2, 0) is 0 Å². The summed E-state index contributed by atoms with van der Waals surface area (Å²) in [6.45, 7) is 2.29. The van der Waals surface area contributed by atoms with Crippen molar-refractivity contribution in [3.05, 3.63) is 53.7 Å². The third-order valence-corrected chi connectivity index (χ3v) is 6.42. The quantitative estimate of drug-likeness (QED) is 0.461. The summed E-state index contributed by atoms with van der Waals surface area (Å²) in [5, 5.41) is 0. The Labute approximate surface area is 196 Å². The zero-order valence-corrected chi connectivity index (χ0v) is 18.4. The Morgan fingerprint density at radius 3 is 2.83 bits per heavy atom. The van der Waals surface area contributed by atoms with Crippen LogP contribution in [-0.4, -0.2) is 49.2 Å². The van der Waals surface area contributed by atoms with Gasteiger partial charge in [0.25, 0.3) is 5.91 Å². The summed E-state index contributed by atoms with van der Waals surface area (Å²) in [6.07, 6.45) is -0.697. The molecule has 0 saturated carbocycles. The van der Waals surface area contributed by atoms with Gasteiger partial charge in [0.15, 0.2) is 0 Å². The Morgan fingerprint density at radius 2 is 2.03 bits per heavy atom. The number of nitrogens with zero attached hydrogens (tertiary/aromatic N) is 5. The van der Waals surface area contributed by atoms with E-state index in [4.69, 9.17) is 10.5 Å². The minimum atomic E-state index is -4.80. The van der Waals surface area contributed by atoms with E-state index < -0.39 is 12.4 Å². The maximum atomic E-state index is 13.6. The number of fused-ring (bicyclic) bond motifs is 6. The normalized spacial score (nSPS) is 19.5. The van der Waals surface area contributed by atoms with Crippen molar-refractivity contribution in [3.8, 4) is 11.5 Å². The van der Waals surface area contributed by atoms with Crippen LogP contribution in [0.3, 0.4) is 0 Å². The van der Waals surface area contributed by atoms with E-state index in [2.05, 4.69) is 19.7 Å². The number of alkyl halides is 3. The highest BCUT2D eigenvalue weighted by Gasteiger charge is 2.44. The van der Waals surface area contributed by atoms with Crippen molar-refractivity contribution in [2.75, 3.05) is 12.3 Å². The molecule has 0 aliphatic carbocycles. The number of anilines is 1. The Morgan fingerprint density at radius 1 is 1.20 bits per heavy atom. The lowest BCUT2D eigenvalue weighted by molar-refractivity contribution is -0.274. The van der Waals surface area contributed by atoms with E-state index in [1.165, 1.54) is 24.4 Å². The molecule has 12 heteroatoms. The van der Waals surface area contributed by atoms with Gasteiger partial charge in [0.05, 0.1) is 24.0 Å². The van der Waals surface area contributed by atoms with Crippen LogP contribution >= 0.6 is 0 Å². The minimum Gasteiger partial charge on any atom is -0.487 e. The summed E-state index contributed by atoms with van der Waals surface area (Å²) in [5.74, 6) is 0.610. The molecular weight excluding hydrogens is 465 g/mol.